The first-order chi connectivity index (χ1) is 7.72. The van der Waals surface area contributed by atoms with Crippen molar-refractivity contribution < 1.29 is 9.18 Å². The molecule has 0 fully saturated rings. The molecular weight excluding hydrogens is 319 g/mol. The third kappa shape index (κ3) is 5.44. The summed E-state index contributed by atoms with van der Waals surface area (Å²) in [5.74, 6) is -0.248. The SMILES string of the molecule is CCCC/C=C/C(=O)[Te]c1ccc(F)cc1. The normalized spacial score (nSPS) is 10.9. The molecular formula is C13H15FOTe. The van der Waals surface area contributed by atoms with Gasteiger partial charge >= 0.3 is 106 Å². The van der Waals surface area contributed by atoms with Crippen molar-refractivity contribution in [2.75, 3.05) is 0 Å². The van der Waals surface area contributed by atoms with E-state index in [9.17, 15) is 9.18 Å². The first kappa shape index (κ1) is 13.4. The predicted molar refractivity (Wildman–Crippen MR) is 65.5 cm³/mol. The fourth-order valence-corrected chi connectivity index (χ4v) is 3.06. The standard InChI is InChI=1S/C13H15FOTe/c1-2-3-4-5-6-13(15)16-12-9-7-11(14)8-10-12/h5-10H,2-4H2,1H3/b6-5+. The van der Waals surface area contributed by atoms with E-state index >= 15 is 0 Å². The molecule has 1 aromatic carbocycles. The zero-order valence-electron chi connectivity index (χ0n) is 9.28. The molecule has 3 heteroatoms. The molecule has 0 unspecified atom stereocenters. The van der Waals surface area contributed by atoms with Crippen molar-refractivity contribution in [2.24, 2.45) is 0 Å². The van der Waals surface area contributed by atoms with Crippen LogP contribution in [0.25, 0.3) is 0 Å². The Morgan fingerprint density at radius 1 is 1.38 bits per heavy atom. The topological polar surface area (TPSA) is 17.1 Å². The number of halogens is 1. The maximum atomic E-state index is 12.6. The molecule has 0 aromatic heterocycles. The molecule has 0 spiro atoms. The fraction of sp³-hybridized carbons (Fsp3) is 0.308. The number of unbranched alkanes of at least 4 members (excludes halogenated alkanes) is 2. The zero-order valence-corrected chi connectivity index (χ0v) is 11.6. The van der Waals surface area contributed by atoms with Crippen molar-refractivity contribution in [2.45, 2.75) is 26.2 Å². The summed E-state index contributed by atoms with van der Waals surface area (Å²) in [4.78, 5) is 11.5. The van der Waals surface area contributed by atoms with Crippen molar-refractivity contribution in [3.05, 3.63) is 42.2 Å². The van der Waals surface area contributed by atoms with Crippen molar-refractivity contribution in [3.63, 3.8) is 0 Å². The molecule has 1 rings (SSSR count). The van der Waals surface area contributed by atoms with Gasteiger partial charge in [0.25, 0.3) is 0 Å². The zero-order chi connectivity index (χ0) is 11.8. The van der Waals surface area contributed by atoms with Crippen LogP contribution in [0.15, 0.2) is 36.4 Å². The van der Waals surface area contributed by atoms with Crippen LogP contribution in [0, 0.1) is 5.82 Å². The second-order valence-electron chi connectivity index (χ2n) is 3.42. The molecule has 86 valence electrons. The first-order valence-electron chi connectivity index (χ1n) is 5.36. The third-order valence-electron chi connectivity index (χ3n) is 2.01. The Labute approximate surface area is 106 Å². The first-order valence-corrected chi connectivity index (χ1v) is 7.69. The van der Waals surface area contributed by atoms with Crippen LogP contribution < -0.4 is 3.61 Å². The average molecular weight is 334 g/mol. The third-order valence-corrected chi connectivity index (χ3v) is 4.42. The Morgan fingerprint density at radius 3 is 2.69 bits per heavy atom. The van der Waals surface area contributed by atoms with Gasteiger partial charge in [0.05, 0.1) is 0 Å². The van der Waals surface area contributed by atoms with Gasteiger partial charge in [-0.05, 0) is 0 Å². The predicted octanol–water partition coefficient (Wildman–Crippen LogP) is 2.43. The van der Waals surface area contributed by atoms with E-state index < -0.39 is 20.9 Å². The van der Waals surface area contributed by atoms with E-state index in [0.29, 0.717) is 0 Å². The summed E-state index contributed by atoms with van der Waals surface area (Å²) < 4.78 is 13.8. The molecule has 0 aliphatic carbocycles. The number of rotatable bonds is 6. The van der Waals surface area contributed by atoms with Gasteiger partial charge in [-0.1, -0.05) is 0 Å². The number of allylic oxidation sites excluding steroid dienone is 2. The van der Waals surface area contributed by atoms with E-state index in [4.69, 9.17) is 0 Å². The van der Waals surface area contributed by atoms with Crippen molar-refractivity contribution in [1.82, 2.24) is 0 Å². The molecule has 0 atom stereocenters. The van der Waals surface area contributed by atoms with Crippen LogP contribution in [0.5, 0.6) is 0 Å². The monoisotopic (exact) mass is 336 g/mol. The van der Waals surface area contributed by atoms with Crippen LogP contribution in [0.1, 0.15) is 26.2 Å². The van der Waals surface area contributed by atoms with Gasteiger partial charge in [-0.15, -0.1) is 0 Å². The van der Waals surface area contributed by atoms with Gasteiger partial charge in [0.15, 0.2) is 0 Å². The van der Waals surface area contributed by atoms with Gasteiger partial charge in [0.2, 0.25) is 0 Å². The number of carbonyl (C=O) groups excluding carboxylic acids is 1. The fourth-order valence-electron chi connectivity index (χ4n) is 1.15. The molecule has 1 aromatic rings. The summed E-state index contributed by atoms with van der Waals surface area (Å²) in [5.41, 5.74) is 0. The summed E-state index contributed by atoms with van der Waals surface area (Å²) in [6.45, 7) is 2.13. The van der Waals surface area contributed by atoms with Gasteiger partial charge in [-0.3, -0.25) is 0 Å². The van der Waals surface area contributed by atoms with Crippen LogP contribution in [0.3, 0.4) is 0 Å². The number of carbonyl (C=O) groups is 1. The summed E-state index contributed by atoms with van der Waals surface area (Å²) in [7, 11) is 0. The molecule has 1 nitrogen and oxygen atoms in total. The van der Waals surface area contributed by atoms with E-state index in [1.807, 2.05) is 6.08 Å². The van der Waals surface area contributed by atoms with E-state index in [1.165, 1.54) is 12.1 Å². The second kappa shape index (κ2) is 7.59. The number of hydrogen-bond acceptors (Lipinski definition) is 1. The van der Waals surface area contributed by atoms with Crippen molar-refractivity contribution >= 4 is 28.4 Å². The Balaban J connectivity index is 2.39. The molecule has 0 saturated carbocycles. The molecule has 0 saturated heterocycles. The minimum atomic E-state index is -0.848. The molecule has 0 aliphatic heterocycles. The van der Waals surface area contributed by atoms with Crippen molar-refractivity contribution in [3.8, 4) is 0 Å². The quantitative estimate of drug-likeness (QED) is 0.444. The Bertz CT molecular complexity index is 357. The summed E-state index contributed by atoms with van der Waals surface area (Å²) in [5, 5.41) is 0. The second-order valence-corrected chi connectivity index (χ2v) is 6.50. The molecule has 0 heterocycles. The average Bonchev–Trinajstić information content (AvgIpc) is 2.28. The summed E-state index contributed by atoms with van der Waals surface area (Å²) in [6, 6.07) is 6.23. The van der Waals surface area contributed by atoms with E-state index in [0.717, 1.165) is 22.9 Å². The Morgan fingerprint density at radius 2 is 2.06 bits per heavy atom. The minimum absolute atomic E-state index is 0.202. The van der Waals surface area contributed by atoms with Crippen LogP contribution >= 0.6 is 0 Å². The number of hydrogen-bond donors (Lipinski definition) is 0. The van der Waals surface area contributed by atoms with Crippen LogP contribution in [0.2, 0.25) is 0 Å². The molecule has 0 amide bonds. The Hall–Kier alpha value is -0.650. The van der Waals surface area contributed by atoms with E-state index in [2.05, 4.69) is 6.92 Å². The molecule has 16 heavy (non-hydrogen) atoms. The van der Waals surface area contributed by atoms with Gasteiger partial charge in [0.1, 0.15) is 0 Å². The van der Waals surface area contributed by atoms with E-state index in [1.54, 1.807) is 18.2 Å². The van der Waals surface area contributed by atoms with Crippen LogP contribution in [-0.4, -0.2) is 24.8 Å². The van der Waals surface area contributed by atoms with Gasteiger partial charge in [-0.2, -0.15) is 0 Å². The molecule has 0 radical (unpaired) electrons. The molecule has 0 N–H and O–H groups in total. The van der Waals surface area contributed by atoms with Crippen LogP contribution in [-0.2, 0) is 4.79 Å². The molecule has 0 aliphatic rings. The summed E-state index contributed by atoms with van der Waals surface area (Å²) >= 11 is -0.848. The molecule has 0 bridgehead atoms. The maximum absolute atomic E-state index is 12.6. The van der Waals surface area contributed by atoms with Crippen LogP contribution in [0.4, 0.5) is 4.39 Å². The van der Waals surface area contributed by atoms with Gasteiger partial charge in [-0.25, -0.2) is 0 Å². The summed E-state index contributed by atoms with van der Waals surface area (Å²) in [6.07, 6.45) is 6.87. The Kier molecular flexibility index (Phi) is 6.37. The van der Waals surface area contributed by atoms with Gasteiger partial charge in [0, 0.05) is 0 Å². The van der Waals surface area contributed by atoms with E-state index in [-0.39, 0.29) is 9.65 Å². The van der Waals surface area contributed by atoms with Gasteiger partial charge < -0.3 is 0 Å². The van der Waals surface area contributed by atoms with Crippen molar-refractivity contribution in [1.29, 1.82) is 0 Å². The number of benzene rings is 1.